The van der Waals surface area contributed by atoms with Gasteiger partial charge in [0, 0.05) is 22.1 Å². The molecule has 196 valence electrons. The van der Waals surface area contributed by atoms with Crippen molar-refractivity contribution >= 4 is 46.2 Å². The quantitative estimate of drug-likeness (QED) is 0.0724. The van der Waals surface area contributed by atoms with Gasteiger partial charge in [-0.1, -0.05) is 52.4 Å². The van der Waals surface area contributed by atoms with E-state index in [1.165, 1.54) is 92.2 Å². The van der Waals surface area contributed by atoms with Gasteiger partial charge in [-0.05, 0) is 84.0 Å². The van der Waals surface area contributed by atoms with E-state index in [4.69, 9.17) is 0 Å². The fourth-order valence-electron chi connectivity index (χ4n) is 3.96. The standard InChI is InChI=1S/C30H36N2S4.Ru/c1-3-5-7-9-19-33-29-13-11-27(35-29)23-15-17-31-25(21-23)26-22-24(16-18-32-26)28-12-14-30(36-28)34-20-10-8-6-4-2;/h11-18,21-22H,3-10,19-20H2,1-2H3;/q;+2. The van der Waals surface area contributed by atoms with Crippen LogP contribution >= 0.6 is 46.2 Å². The molecule has 37 heavy (non-hydrogen) atoms. The average molecular weight is 654 g/mol. The van der Waals surface area contributed by atoms with Crippen molar-refractivity contribution in [1.82, 2.24) is 9.97 Å². The molecule has 4 aromatic rings. The zero-order valence-electron chi connectivity index (χ0n) is 21.7. The van der Waals surface area contributed by atoms with Gasteiger partial charge in [-0.15, -0.1) is 46.2 Å². The zero-order valence-corrected chi connectivity index (χ0v) is 26.7. The zero-order chi connectivity index (χ0) is 25.0. The van der Waals surface area contributed by atoms with Crippen LogP contribution in [-0.4, -0.2) is 21.5 Å². The molecule has 0 N–H and O–H groups in total. The molecule has 4 rings (SSSR count). The van der Waals surface area contributed by atoms with Crippen LogP contribution in [0.1, 0.15) is 65.2 Å². The Kier molecular flexibility index (Phi) is 13.9. The van der Waals surface area contributed by atoms with Crippen LogP contribution < -0.4 is 0 Å². The molecule has 0 aromatic carbocycles. The second-order valence-corrected chi connectivity index (χ2v) is 13.9. The minimum Gasteiger partial charge on any atom is -0.255 e. The summed E-state index contributed by atoms with van der Waals surface area (Å²) in [7, 11) is 0. The van der Waals surface area contributed by atoms with Crippen molar-refractivity contribution in [2.75, 3.05) is 11.5 Å². The van der Waals surface area contributed by atoms with E-state index >= 15 is 0 Å². The molecule has 0 saturated carbocycles. The normalized spacial score (nSPS) is 11.0. The molecule has 0 radical (unpaired) electrons. The van der Waals surface area contributed by atoms with Crippen molar-refractivity contribution in [2.45, 2.75) is 73.6 Å². The van der Waals surface area contributed by atoms with Crippen LogP contribution in [-0.2, 0) is 19.5 Å². The molecule has 7 heteroatoms. The summed E-state index contributed by atoms with van der Waals surface area (Å²) in [5.74, 6) is 2.42. The third-order valence-electron chi connectivity index (χ3n) is 6.00. The molecule has 0 bridgehead atoms. The van der Waals surface area contributed by atoms with E-state index in [1.807, 2.05) is 58.6 Å². The van der Waals surface area contributed by atoms with Crippen molar-refractivity contribution in [2.24, 2.45) is 0 Å². The predicted octanol–water partition coefficient (Wildman–Crippen LogP) is 10.9. The number of unbranched alkanes of at least 4 members (excludes halogenated alkanes) is 6. The predicted molar refractivity (Wildman–Crippen MR) is 164 cm³/mol. The molecule has 0 amide bonds. The van der Waals surface area contributed by atoms with Crippen LogP contribution in [0.4, 0.5) is 0 Å². The first-order valence-electron chi connectivity index (χ1n) is 13.2. The molecular formula is C30H36N2RuS4+2. The van der Waals surface area contributed by atoms with Gasteiger partial charge in [-0.3, -0.25) is 9.97 Å². The number of rotatable bonds is 15. The van der Waals surface area contributed by atoms with Crippen LogP contribution in [0.15, 0.2) is 69.3 Å². The van der Waals surface area contributed by atoms with Crippen LogP contribution in [0.2, 0.25) is 0 Å². The molecule has 4 heterocycles. The second-order valence-electron chi connectivity index (χ2n) is 8.92. The third-order valence-corrected chi connectivity index (χ3v) is 10.9. The van der Waals surface area contributed by atoms with Crippen molar-refractivity contribution in [3.05, 3.63) is 60.9 Å². The Labute approximate surface area is 252 Å². The summed E-state index contributed by atoms with van der Waals surface area (Å²) in [6, 6.07) is 17.6. The number of hydrogen-bond acceptors (Lipinski definition) is 6. The number of thiophene rings is 2. The van der Waals surface area contributed by atoms with Gasteiger partial charge in [0.05, 0.1) is 19.8 Å². The molecule has 0 aliphatic heterocycles. The van der Waals surface area contributed by atoms with Crippen molar-refractivity contribution < 1.29 is 19.5 Å². The Morgan fingerprint density at radius 1 is 0.595 bits per heavy atom. The van der Waals surface area contributed by atoms with Crippen LogP contribution in [0.25, 0.3) is 32.3 Å². The van der Waals surface area contributed by atoms with Crippen molar-refractivity contribution in [3.63, 3.8) is 0 Å². The summed E-state index contributed by atoms with van der Waals surface area (Å²) in [5, 5.41) is 0. The van der Waals surface area contributed by atoms with Gasteiger partial charge in [0.1, 0.15) is 0 Å². The Bertz CT molecular complexity index is 1110. The molecule has 0 saturated heterocycles. The maximum Gasteiger partial charge on any atom is 2.00 e. The van der Waals surface area contributed by atoms with E-state index in [2.05, 4.69) is 72.3 Å². The van der Waals surface area contributed by atoms with Gasteiger partial charge in [0.15, 0.2) is 0 Å². The maximum atomic E-state index is 4.66. The molecule has 0 spiro atoms. The van der Waals surface area contributed by atoms with Crippen LogP contribution in [0, 0.1) is 0 Å². The summed E-state index contributed by atoms with van der Waals surface area (Å²) < 4.78 is 2.80. The van der Waals surface area contributed by atoms with E-state index in [9.17, 15) is 0 Å². The molecule has 2 nitrogen and oxygen atoms in total. The van der Waals surface area contributed by atoms with Gasteiger partial charge >= 0.3 is 19.5 Å². The van der Waals surface area contributed by atoms with Crippen molar-refractivity contribution in [1.29, 1.82) is 0 Å². The van der Waals surface area contributed by atoms with Crippen LogP contribution in [0.5, 0.6) is 0 Å². The molecular weight excluding hydrogens is 618 g/mol. The van der Waals surface area contributed by atoms with E-state index in [0.717, 1.165) is 11.4 Å². The van der Waals surface area contributed by atoms with E-state index in [1.54, 1.807) is 0 Å². The van der Waals surface area contributed by atoms with Gasteiger partial charge in [-0.25, -0.2) is 0 Å². The minimum absolute atomic E-state index is 0. The molecule has 0 fully saturated rings. The average Bonchev–Trinajstić information content (AvgIpc) is 3.59. The molecule has 0 aliphatic carbocycles. The Morgan fingerprint density at radius 2 is 1.05 bits per heavy atom. The topological polar surface area (TPSA) is 25.8 Å². The third kappa shape index (κ3) is 9.62. The Hall–Kier alpha value is -0.977. The van der Waals surface area contributed by atoms with E-state index in [0.29, 0.717) is 0 Å². The van der Waals surface area contributed by atoms with Gasteiger partial charge in [-0.2, -0.15) is 0 Å². The first kappa shape index (κ1) is 30.6. The summed E-state index contributed by atoms with van der Waals surface area (Å²) in [5.41, 5.74) is 4.29. The molecule has 0 aliphatic rings. The number of pyridine rings is 2. The minimum atomic E-state index is 0. The van der Waals surface area contributed by atoms with Gasteiger partial charge < -0.3 is 0 Å². The first-order chi connectivity index (χ1) is 17.8. The van der Waals surface area contributed by atoms with Gasteiger partial charge in [0.25, 0.3) is 0 Å². The largest absolute Gasteiger partial charge is 2.00 e. The number of hydrogen-bond donors (Lipinski definition) is 0. The fraction of sp³-hybridized carbons (Fsp3) is 0.400. The first-order valence-corrected chi connectivity index (χ1v) is 16.8. The second kappa shape index (κ2) is 16.9. The summed E-state index contributed by atoms with van der Waals surface area (Å²) in [4.78, 5) is 11.9. The molecule has 0 unspecified atom stereocenters. The summed E-state index contributed by atoms with van der Waals surface area (Å²) >= 11 is 7.74. The molecule has 0 atom stereocenters. The summed E-state index contributed by atoms with van der Waals surface area (Å²) in [6.45, 7) is 4.53. The Morgan fingerprint density at radius 3 is 1.49 bits per heavy atom. The number of thioether (sulfide) groups is 2. The summed E-state index contributed by atoms with van der Waals surface area (Å²) in [6.07, 6.45) is 14.4. The monoisotopic (exact) mass is 654 g/mol. The molecule has 4 aromatic heterocycles. The number of nitrogens with zero attached hydrogens (tertiary/aromatic N) is 2. The Balaban J connectivity index is 0.00000380. The fourth-order valence-corrected chi connectivity index (χ4v) is 8.36. The maximum absolute atomic E-state index is 4.66. The van der Waals surface area contributed by atoms with E-state index < -0.39 is 0 Å². The van der Waals surface area contributed by atoms with Crippen molar-refractivity contribution in [3.8, 4) is 32.3 Å². The smallest absolute Gasteiger partial charge is 0.255 e. The van der Waals surface area contributed by atoms with Crippen LogP contribution in [0.3, 0.4) is 0 Å². The van der Waals surface area contributed by atoms with E-state index in [-0.39, 0.29) is 19.5 Å². The van der Waals surface area contributed by atoms with Gasteiger partial charge in [0.2, 0.25) is 0 Å². The SMILES string of the molecule is CCCCCCSc1ccc(-c2ccnc(-c3cc(-c4ccc(SCCCCCC)s4)ccn3)c2)s1.[Ru+2]. The number of aromatic nitrogens is 2.